The van der Waals surface area contributed by atoms with Crippen molar-refractivity contribution in [2.24, 2.45) is 0 Å². The molecule has 0 unspecified atom stereocenters. The van der Waals surface area contributed by atoms with E-state index in [1.54, 1.807) is 0 Å². The van der Waals surface area contributed by atoms with Crippen molar-refractivity contribution in [2.75, 3.05) is 0 Å². The molecule has 0 spiro atoms. The SMILES string of the molecule is O=C(O)CC(F)(F)c1ncc[nH]1. The van der Waals surface area contributed by atoms with Gasteiger partial charge in [-0.05, 0) is 0 Å². The van der Waals surface area contributed by atoms with Gasteiger partial charge in [0, 0.05) is 12.4 Å². The van der Waals surface area contributed by atoms with Crippen LogP contribution in [0.25, 0.3) is 0 Å². The number of carbonyl (C=O) groups is 1. The van der Waals surface area contributed by atoms with Gasteiger partial charge in [0.05, 0.1) is 0 Å². The molecule has 0 aliphatic heterocycles. The molecule has 0 aromatic carbocycles. The number of carboxylic acids is 1. The molecule has 0 saturated carbocycles. The number of nitrogens with one attached hydrogen (secondary N) is 1. The summed E-state index contributed by atoms with van der Waals surface area (Å²) in [5.41, 5.74) is 0. The molecule has 0 aliphatic carbocycles. The summed E-state index contributed by atoms with van der Waals surface area (Å²) < 4.78 is 25.5. The molecule has 12 heavy (non-hydrogen) atoms. The molecule has 0 fully saturated rings. The predicted molar refractivity (Wildman–Crippen MR) is 34.7 cm³/mol. The van der Waals surface area contributed by atoms with E-state index in [1.165, 1.54) is 6.20 Å². The molecule has 0 radical (unpaired) electrons. The molecular formula is C6H6F2N2O2. The van der Waals surface area contributed by atoms with E-state index in [0.717, 1.165) is 6.20 Å². The van der Waals surface area contributed by atoms with Gasteiger partial charge < -0.3 is 10.1 Å². The Morgan fingerprint density at radius 1 is 1.75 bits per heavy atom. The highest BCUT2D eigenvalue weighted by Gasteiger charge is 2.37. The van der Waals surface area contributed by atoms with Crippen molar-refractivity contribution in [3.8, 4) is 0 Å². The number of halogens is 2. The number of imidazole rings is 1. The third-order valence-electron chi connectivity index (χ3n) is 1.22. The number of alkyl halides is 2. The van der Waals surface area contributed by atoms with Crippen LogP contribution in [0.2, 0.25) is 0 Å². The van der Waals surface area contributed by atoms with Gasteiger partial charge in [-0.15, -0.1) is 0 Å². The second kappa shape index (κ2) is 2.88. The summed E-state index contributed by atoms with van der Waals surface area (Å²) in [6, 6.07) is 0. The average molecular weight is 176 g/mol. The van der Waals surface area contributed by atoms with Crippen molar-refractivity contribution in [3.63, 3.8) is 0 Å². The minimum atomic E-state index is -3.42. The van der Waals surface area contributed by atoms with Crippen LogP contribution in [-0.4, -0.2) is 21.0 Å². The van der Waals surface area contributed by atoms with Crippen molar-refractivity contribution in [2.45, 2.75) is 12.3 Å². The number of H-pyrrole nitrogens is 1. The van der Waals surface area contributed by atoms with E-state index in [4.69, 9.17) is 5.11 Å². The van der Waals surface area contributed by atoms with Gasteiger partial charge in [-0.2, -0.15) is 8.78 Å². The standard InChI is InChI=1S/C6H6F2N2O2/c7-6(8,3-4(11)12)5-9-1-2-10-5/h1-2H,3H2,(H,9,10)(H,11,12). The molecule has 4 nitrogen and oxygen atoms in total. The van der Waals surface area contributed by atoms with Gasteiger partial charge in [0.2, 0.25) is 0 Å². The number of nitrogens with zero attached hydrogens (tertiary/aromatic N) is 1. The molecule has 1 rings (SSSR count). The molecule has 1 heterocycles. The third kappa shape index (κ3) is 1.77. The number of aromatic amines is 1. The van der Waals surface area contributed by atoms with Crippen LogP contribution in [0.1, 0.15) is 12.2 Å². The van der Waals surface area contributed by atoms with Gasteiger partial charge in [-0.3, -0.25) is 4.79 Å². The maximum Gasteiger partial charge on any atom is 0.315 e. The Labute approximate surface area is 66.2 Å². The van der Waals surface area contributed by atoms with Crippen LogP contribution in [0, 0.1) is 0 Å². The number of rotatable bonds is 3. The Bertz CT molecular complexity index is 271. The molecule has 0 bridgehead atoms. The van der Waals surface area contributed by atoms with Crippen LogP contribution in [-0.2, 0) is 10.7 Å². The van der Waals surface area contributed by atoms with E-state index in [-0.39, 0.29) is 0 Å². The van der Waals surface area contributed by atoms with Crippen molar-refractivity contribution < 1.29 is 18.7 Å². The lowest BCUT2D eigenvalue weighted by molar-refractivity contribution is -0.146. The number of hydrogen-bond acceptors (Lipinski definition) is 2. The second-order valence-electron chi connectivity index (χ2n) is 2.21. The number of aromatic nitrogens is 2. The summed E-state index contributed by atoms with van der Waals surface area (Å²) in [4.78, 5) is 15.4. The molecule has 2 N–H and O–H groups in total. The monoisotopic (exact) mass is 176 g/mol. The van der Waals surface area contributed by atoms with E-state index in [9.17, 15) is 13.6 Å². The largest absolute Gasteiger partial charge is 0.481 e. The molecule has 66 valence electrons. The average Bonchev–Trinajstić information content (AvgIpc) is 2.32. The summed E-state index contributed by atoms with van der Waals surface area (Å²) in [7, 11) is 0. The first-order chi connectivity index (χ1) is 5.52. The predicted octanol–water partition coefficient (Wildman–Crippen LogP) is 0.976. The first-order valence-electron chi connectivity index (χ1n) is 3.12. The van der Waals surface area contributed by atoms with E-state index >= 15 is 0 Å². The van der Waals surface area contributed by atoms with Crippen molar-refractivity contribution >= 4 is 5.97 Å². The topological polar surface area (TPSA) is 66.0 Å². The normalized spacial score (nSPS) is 11.5. The molecular weight excluding hydrogens is 170 g/mol. The van der Waals surface area contributed by atoms with Crippen molar-refractivity contribution in [1.82, 2.24) is 9.97 Å². The molecule has 0 saturated heterocycles. The van der Waals surface area contributed by atoms with Gasteiger partial charge in [-0.1, -0.05) is 0 Å². The first kappa shape index (κ1) is 8.63. The molecule has 1 aromatic heterocycles. The van der Waals surface area contributed by atoms with Crippen LogP contribution < -0.4 is 0 Å². The Balaban J connectivity index is 2.79. The minimum absolute atomic E-state index is 0.620. The summed E-state index contributed by atoms with van der Waals surface area (Å²) in [6.45, 7) is 0. The zero-order valence-electron chi connectivity index (χ0n) is 5.92. The maximum atomic E-state index is 12.8. The Hall–Kier alpha value is -1.46. The van der Waals surface area contributed by atoms with Crippen LogP contribution >= 0.6 is 0 Å². The van der Waals surface area contributed by atoms with E-state index in [1.807, 2.05) is 0 Å². The van der Waals surface area contributed by atoms with Crippen molar-refractivity contribution in [1.29, 1.82) is 0 Å². The lowest BCUT2D eigenvalue weighted by Gasteiger charge is -2.09. The van der Waals surface area contributed by atoms with E-state index < -0.39 is 24.1 Å². The quantitative estimate of drug-likeness (QED) is 0.721. The Morgan fingerprint density at radius 3 is 2.83 bits per heavy atom. The number of hydrogen-bond donors (Lipinski definition) is 2. The Kier molecular flexibility index (Phi) is 2.07. The van der Waals surface area contributed by atoms with Gasteiger partial charge >= 0.3 is 11.9 Å². The van der Waals surface area contributed by atoms with Crippen LogP contribution in [0.15, 0.2) is 12.4 Å². The molecule has 1 aromatic rings. The lowest BCUT2D eigenvalue weighted by Crippen LogP contribution is -2.19. The van der Waals surface area contributed by atoms with Crippen LogP contribution in [0.3, 0.4) is 0 Å². The molecule has 0 atom stereocenters. The molecule has 0 aliphatic rings. The van der Waals surface area contributed by atoms with E-state index in [2.05, 4.69) is 9.97 Å². The van der Waals surface area contributed by atoms with Gasteiger partial charge in [-0.25, -0.2) is 4.98 Å². The summed E-state index contributed by atoms with van der Waals surface area (Å²) in [6.07, 6.45) is 1.11. The first-order valence-corrected chi connectivity index (χ1v) is 3.12. The Morgan fingerprint density at radius 2 is 2.42 bits per heavy atom. The fraction of sp³-hybridized carbons (Fsp3) is 0.333. The highest BCUT2D eigenvalue weighted by atomic mass is 19.3. The third-order valence-corrected chi connectivity index (χ3v) is 1.22. The number of carboxylic acid groups (broad SMARTS) is 1. The summed E-state index contributed by atoms with van der Waals surface area (Å²) in [5.74, 6) is -5.60. The zero-order valence-corrected chi connectivity index (χ0v) is 5.92. The highest BCUT2D eigenvalue weighted by molar-refractivity contribution is 5.67. The minimum Gasteiger partial charge on any atom is -0.481 e. The summed E-state index contributed by atoms with van der Waals surface area (Å²) >= 11 is 0. The van der Waals surface area contributed by atoms with Gasteiger partial charge in [0.15, 0.2) is 5.82 Å². The number of aliphatic carboxylic acids is 1. The lowest BCUT2D eigenvalue weighted by atomic mass is 10.2. The fourth-order valence-electron chi connectivity index (χ4n) is 0.739. The van der Waals surface area contributed by atoms with Crippen LogP contribution in [0.4, 0.5) is 8.78 Å². The summed E-state index contributed by atoms with van der Waals surface area (Å²) in [5, 5.41) is 8.13. The molecule has 6 heteroatoms. The second-order valence-corrected chi connectivity index (χ2v) is 2.21. The van der Waals surface area contributed by atoms with E-state index in [0.29, 0.717) is 0 Å². The van der Waals surface area contributed by atoms with Gasteiger partial charge in [0.1, 0.15) is 6.42 Å². The maximum absolute atomic E-state index is 12.8. The zero-order chi connectivity index (χ0) is 9.19. The molecule has 0 amide bonds. The highest BCUT2D eigenvalue weighted by Crippen LogP contribution is 2.28. The van der Waals surface area contributed by atoms with Gasteiger partial charge in [0.25, 0.3) is 0 Å². The van der Waals surface area contributed by atoms with Crippen molar-refractivity contribution in [3.05, 3.63) is 18.2 Å². The van der Waals surface area contributed by atoms with Crippen LogP contribution in [0.5, 0.6) is 0 Å². The fourth-order valence-corrected chi connectivity index (χ4v) is 0.739. The smallest absolute Gasteiger partial charge is 0.315 e.